The first-order chi connectivity index (χ1) is 8.27. The summed E-state index contributed by atoms with van der Waals surface area (Å²) in [7, 11) is 0. The molecule has 0 fully saturated rings. The highest BCUT2D eigenvalue weighted by Gasteiger charge is 1.90. The molecule has 0 aromatic carbocycles. The van der Waals surface area contributed by atoms with Crippen LogP contribution in [0.3, 0.4) is 0 Å². The van der Waals surface area contributed by atoms with Gasteiger partial charge in [0.2, 0.25) is 0 Å². The molecular formula is C15H20N2. The first-order valence-electron chi connectivity index (χ1n) is 6.06. The number of hydrogen-bond acceptors (Lipinski definition) is 2. The van der Waals surface area contributed by atoms with Crippen LogP contribution in [0.2, 0.25) is 0 Å². The van der Waals surface area contributed by atoms with Crippen LogP contribution in [-0.2, 0) is 12.8 Å². The van der Waals surface area contributed by atoms with Gasteiger partial charge in [-0.1, -0.05) is 13.8 Å². The molecule has 0 N–H and O–H groups in total. The van der Waals surface area contributed by atoms with E-state index < -0.39 is 0 Å². The Hall–Kier alpha value is -1.70. The third-order valence-corrected chi connectivity index (χ3v) is 2.69. The second kappa shape index (κ2) is 7.55. The molecule has 2 rings (SSSR count). The van der Waals surface area contributed by atoms with E-state index >= 15 is 0 Å². The van der Waals surface area contributed by atoms with Crippen molar-refractivity contribution >= 4 is 0 Å². The number of pyridine rings is 2. The van der Waals surface area contributed by atoms with Crippen LogP contribution in [-0.4, -0.2) is 9.97 Å². The van der Waals surface area contributed by atoms with Gasteiger partial charge in [-0.25, -0.2) is 0 Å². The highest BCUT2D eigenvalue weighted by Crippen LogP contribution is 2.03. The molecule has 2 aromatic rings. The summed E-state index contributed by atoms with van der Waals surface area (Å²) in [5, 5.41) is 0. The minimum atomic E-state index is 1.08. The van der Waals surface area contributed by atoms with Gasteiger partial charge in [-0.2, -0.15) is 0 Å². The van der Waals surface area contributed by atoms with Gasteiger partial charge in [0.15, 0.2) is 0 Å². The van der Waals surface area contributed by atoms with E-state index in [4.69, 9.17) is 0 Å². The van der Waals surface area contributed by atoms with Crippen molar-refractivity contribution in [2.45, 2.75) is 33.6 Å². The summed E-state index contributed by atoms with van der Waals surface area (Å²) in [6.07, 6.45) is 9.57. The van der Waals surface area contributed by atoms with Gasteiger partial charge in [0.1, 0.15) is 0 Å². The minimum absolute atomic E-state index is 1.08. The lowest BCUT2D eigenvalue weighted by Gasteiger charge is -1.97. The van der Waals surface area contributed by atoms with Crippen molar-refractivity contribution in [2.24, 2.45) is 0 Å². The lowest BCUT2D eigenvalue weighted by molar-refractivity contribution is 1.07. The number of hydrogen-bond donors (Lipinski definition) is 0. The molecule has 17 heavy (non-hydrogen) atoms. The average molecular weight is 228 g/mol. The summed E-state index contributed by atoms with van der Waals surface area (Å²) in [6.45, 7) is 6.39. The summed E-state index contributed by atoms with van der Waals surface area (Å²) >= 11 is 0. The molecule has 2 heterocycles. The van der Waals surface area contributed by atoms with Gasteiger partial charge >= 0.3 is 0 Å². The molecule has 0 atom stereocenters. The molecule has 2 aromatic heterocycles. The van der Waals surface area contributed by atoms with E-state index in [1.807, 2.05) is 43.0 Å². The highest BCUT2D eigenvalue weighted by molar-refractivity contribution is 5.20. The quantitative estimate of drug-likeness (QED) is 0.785. The van der Waals surface area contributed by atoms with E-state index in [2.05, 4.69) is 30.7 Å². The van der Waals surface area contributed by atoms with Gasteiger partial charge in [0.05, 0.1) is 0 Å². The molecule has 0 aliphatic carbocycles. The lowest BCUT2D eigenvalue weighted by Crippen LogP contribution is -1.85. The van der Waals surface area contributed by atoms with E-state index in [1.165, 1.54) is 16.7 Å². The maximum atomic E-state index is 4.02. The van der Waals surface area contributed by atoms with Crippen molar-refractivity contribution in [1.29, 1.82) is 0 Å². The smallest absolute Gasteiger partial charge is 0.0302 e. The zero-order valence-electron chi connectivity index (χ0n) is 10.9. The van der Waals surface area contributed by atoms with Crippen molar-refractivity contribution in [1.82, 2.24) is 9.97 Å². The summed E-state index contributed by atoms with van der Waals surface area (Å²) in [4.78, 5) is 7.91. The summed E-state index contributed by atoms with van der Waals surface area (Å²) < 4.78 is 0. The molecule has 0 saturated carbocycles. The van der Waals surface area contributed by atoms with Gasteiger partial charge in [0, 0.05) is 24.8 Å². The van der Waals surface area contributed by atoms with Crippen LogP contribution < -0.4 is 0 Å². The SMILES string of the molecule is CCc1ccncc1.CCc1cnccc1C. The Bertz CT molecular complexity index is 424. The molecule has 0 saturated heterocycles. The van der Waals surface area contributed by atoms with Gasteiger partial charge in [-0.3, -0.25) is 9.97 Å². The maximum absolute atomic E-state index is 4.02. The van der Waals surface area contributed by atoms with Crippen LogP contribution in [0.25, 0.3) is 0 Å². The average Bonchev–Trinajstić information content (AvgIpc) is 2.41. The predicted molar refractivity (Wildman–Crippen MR) is 72.0 cm³/mol. The van der Waals surface area contributed by atoms with E-state index in [1.54, 1.807) is 0 Å². The minimum Gasteiger partial charge on any atom is -0.265 e. The van der Waals surface area contributed by atoms with Crippen LogP contribution in [0.1, 0.15) is 30.5 Å². The van der Waals surface area contributed by atoms with Crippen LogP contribution >= 0.6 is 0 Å². The Morgan fingerprint density at radius 3 is 1.94 bits per heavy atom. The fourth-order valence-electron chi connectivity index (χ4n) is 1.49. The summed E-state index contributed by atoms with van der Waals surface area (Å²) in [5.74, 6) is 0. The maximum Gasteiger partial charge on any atom is 0.0302 e. The molecule has 0 spiro atoms. The van der Waals surface area contributed by atoms with Crippen LogP contribution in [0, 0.1) is 6.92 Å². The summed E-state index contributed by atoms with van der Waals surface area (Å²) in [6, 6.07) is 6.10. The van der Waals surface area contributed by atoms with Crippen LogP contribution in [0.5, 0.6) is 0 Å². The van der Waals surface area contributed by atoms with E-state index in [9.17, 15) is 0 Å². The van der Waals surface area contributed by atoms with Gasteiger partial charge in [-0.05, 0) is 54.7 Å². The molecule has 0 aliphatic rings. The number of rotatable bonds is 2. The third-order valence-electron chi connectivity index (χ3n) is 2.69. The highest BCUT2D eigenvalue weighted by atomic mass is 14.6. The zero-order chi connectivity index (χ0) is 12.5. The summed E-state index contributed by atoms with van der Waals surface area (Å²) in [5.41, 5.74) is 4.03. The molecule has 0 bridgehead atoms. The second-order valence-corrected chi connectivity index (χ2v) is 3.86. The lowest BCUT2D eigenvalue weighted by atomic mass is 10.1. The van der Waals surface area contributed by atoms with E-state index in [0.717, 1.165) is 12.8 Å². The van der Waals surface area contributed by atoms with Crippen molar-refractivity contribution < 1.29 is 0 Å². The fourth-order valence-corrected chi connectivity index (χ4v) is 1.49. The zero-order valence-corrected chi connectivity index (χ0v) is 10.9. The van der Waals surface area contributed by atoms with Crippen molar-refractivity contribution in [3.05, 3.63) is 59.7 Å². The molecular weight excluding hydrogens is 208 g/mol. The van der Waals surface area contributed by atoms with Crippen LogP contribution in [0.15, 0.2) is 43.0 Å². The molecule has 0 radical (unpaired) electrons. The van der Waals surface area contributed by atoms with Crippen LogP contribution in [0.4, 0.5) is 0 Å². The van der Waals surface area contributed by atoms with Crippen molar-refractivity contribution in [3.63, 3.8) is 0 Å². The molecule has 90 valence electrons. The fraction of sp³-hybridized carbons (Fsp3) is 0.333. The first-order valence-corrected chi connectivity index (χ1v) is 6.06. The Morgan fingerprint density at radius 1 is 0.882 bits per heavy atom. The molecule has 0 aliphatic heterocycles. The molecule has 0 amide bonds. The Kier molecular flexibility index (Phi) is 5.94. The molecule has 2 heteroatoms. The standard InChI is InChI=1S/C8H11N.C7H9N/c1-3-8-6-9-5-4-7(8)2;1-2-7-3-5-8-6-4-7/h4-6H,3H2,1-2H3;3-6H,2H2,1H3. The molecule has 0 unspecified atom stereocenters. The predicted octanol–water partition coefficient (Wildman–Crippen LogP) is 3.60. The molecule has 2 nitrogen and oxygen atoms in total. The number of aryl methyl sites for hydroxylation is 3. The second-order valence-electron chi connectivity index (χ2n) is 3.86. The Balaban J connectivity index is 0.000000171. The number of aromatic nitrogens is 2. The van der Waals surface area contributed by atoms with Crippen molar-refractivity contribution in [2.75, 3.05) is 0 Å². The first kappa shape index (κ1) is 13.4. The van der Waals surface area contributed by atoms with E-state index in [0.29, 0.717) is 0 Å². The van der Waals surface area contributed by atoms with Gasteiger partial charge < -0.3 is 0 Å². The van der Waals surface area contributed by atoms with Gasteiger partial charge in [0.25, 0.3) is 0 Å². The topological polar surface area (TPSA) is 25.8 Å². The third kappa shape index (κ3) is 4.77. The number of nitrogens with zero attached hydrogens (tertiary/aromatic N) is 2. The van der Waals surface area contributed by atoms with E-state index in [-0.39, 0.29) is 0 Å². The van der Waals surface area contributed by atoms with Crippen molar-refractivity contribution in [3.8, 4) is 0 Å². The Morgan fingerprint density at radius 2 is 1.53 bits per heavy atom. The Labute approximate surface area is 104 Å². The largest absolute Gasteiger partial charge is 0.265 e. The van der Waals surface area contributed by atoms with Gasteiger partial charge in [-0.15, -0.1) is 0 Å². The normalized spacial score (nSPS) is 9.35. The monoisotopic (exact) mass is 228 g/mol.